The fraction of sp³-hybridized carbons (Fsp3) is 0.500. The Labute approximate surface area is 146 Å². The van der Waals surface area contributed by atoms with Gasteiger partial charge in [0.25, 0.3) is 0 Å². The van der Waals surface area contributed by atoms with Crippen LogP contribution in [-0.2, 0) is 4.79 Å². The minimum atomic E-state index is 0. The molecule has 1 fully saturated rings. The smallest absolute Gasteiger partial charge is 0.232 e. The molecular formula is C14H19Cl3N2OS. The third-order valence-corrected chi connectivity index (χ3v) is 5.22. The third kappa shape index (κ3) is 5.53. The van der Waals surface area contributed by atoms with E-state index in [1.165, 1.54) is 11.8 Å². The van der Waals surface area contributed by atoms with Crippen LogP contribution in [0.5, 0.6) is 0 Å². The maximum Gasteiger partial charge on any atom is 0.232 e. The number of hydrogen-bond donors (Lipinski definition) is 1. The summed E-state index contributed by atoms with van der Waals surface area (Å²) >= 11 is 13.5. The molecule has 0 atom stereocenters. The summed E-state index contributed by atoms with van der Waals surface area (Å²) in [5, 5.41) is 4.54. The molecule has 0 saturated carbocycles. The van der Waals surface area contributed by atoms with Crippen molar-refractivity contribution in [2.75, 3.05) is 25.9 Å². The number of nitrogens with zero attached hydrogens (tertiary/aromatic N) is 1. The van der Waals surface area contributed by atoms with Crippen LogP contribution < -0.4 is 5.32 Å². The second-order valence-corrected chi connectivity index (χ2v) is 6.67. The van der Waals surface area contributed by atoms with Gasteiger partial charge < -0.3 is 10.2 Å². The Hall–Kier alpha value is -0.130. The van der Waals surface area contributed by atoms with E-state index >= 15 is 0 Å². The molecule has 0 bridgehead atoms. The highest BCUT2D eigenvalue weighted by Gasteiger charge is 2.21. The molecule has 2 rings (SSSR count). The van der Waals surface area contributed by atoms with Crippen molar-refractivity contribution in [2.45, 2.75) is 23.8 Å². The van der Waals surface area contributed by atoms with E-state index in [1.807, 2.05) is 11.9 Å². The van der Waals surface area contributed by atoms with Crippen molar-refractivity contribution in [3.63, 3.8) is 0 Å². The first-order valence-electron chi connectivity index (χ1n) is 6.63. The van der Waals surface area contributed by atoms with Gasteiger partial charge in [0.15, 0.2) is 0 Å². The van der Waals surface area contributed by atoms with Gasteiger partial charge in [-0.05, 0) is 38.1 Å². The first-order chi connectivity index (χ1) is 9.60. The molecule has 1 aliphatic heterocycles. The van der Waals surface area contributed by atoms with Gasteiger partial charge in [-0.15, -0.1) is 24.2 Å². The van der Waals surface area contributed by atoms with Crippen LogP contribution in [0.25, 0.3) is 0 Å². The second-order valence-electron chi connectivity index (χ2n) is 4.81. The molecule has 0 aliphatic carbocycles. The number of piperidine rings is 1. The predicted molar refractivity (Wildman–Crippen MR) is 93.1 cm³/mol. The summed E-state index contributed by atoms with van der Waals surface area (Å²) in [4.78, 5) is 15.0. The van der Waals surface area contributed by atoms with Gasteiger partial charge in [0.05, 0.1) is 10.8 Å². The van der Waals surface area contributed by atoms with Crippen LogP contribution in [0, 0.1) is 0 Å². The summed E-state index contributed by atoms with van der Waals surface area (Å²) in [6.07, 6.45) is 2.04. The van der Waals surface area contributed by atoms with Crippen molar-refractivity contribution >= 4 is 53.3 Å². The molecule has 1 amide bonds. The lowest BCUT2D eigenvalue weighted by Gasteiger charge is -2.31. The lowest BCUT2D eigenvalue weighted by atomic mass is 10.1. The van der Waals surface area contributed by atoms with E-state index in [0.29, 0.717) is 21.8 Å². The van der Waals surface area contributed by atoms with Crippen molar-refractivity contribution in [1.82, 2.24) is 10.2 Å². The van der Waals surface area contributed by atoms with Crippen molar-refractivity contribution in [3.05, 3.63) is 28.2 Å². The lowest BCUT2D eigenvalue weighted by molar-refractivity contribution is -0.129. The van der Waals surface area contributed by atoms with E-state index in [-0.39, 0.29) is 18.3 Å². The van der Waals surface area contributed by atoms with Crippen molar-refractivity contribution in [2.24, 2.45) is 0 Å². The number of rotatable bonds is 4. The van der Waals surface area contributed by atoms with E-state index in [2.05, 4.69) is 5.32 Å². The Bertz CT molecular complexity index is 479. The standard InChI is InChI=1S/C14H18Cl2N2OS.ClH/c1-17-11-4-6-18(7-5-11)14(19)9-20-13-8-10(15)2-3-12(13)16;/h2-3,8,11,17H,4-7,9H2,1H3;1H. The topological polar surface area (TPSA) is 32.3 Å². The minimum Gasteiger partial charge on any atom is -0.342 e. The number of carbonyl (C=O) groups excluding carboxylic acids is 1. The van der Waals surface area contributed by atoms with Crippen LogP contribution in [0.3, 0.4) is 0 Å². The molecular weight excluding hydrogens is 351 g/mol. The fourth-order valence-corrected chi connectivity index (χ4v) is 3.63. The maximum absolute atomic E-state index is 12.2. The van der Waals surface area contributed by atoms with Gasteiger partial charge in [-0.25, -0.2) is 0 Å². The summed E-state index contributed by atoms with van der Waals surface area (Å²) in [6.45, 7) is 1.66. The monoisotopic (exact) mass is 368 g/mol. The summed E-state index contributed by atoms with van der Waals surface area (Å²) in [5.74, 6) is 0.574. The normalized spacial score (nSPS) is 15.7. The van der Waals surface area contributed by atoms with E-state index in [9.17, 15) is 4.79 Å². The minimum absolute atomic E-state index is 0. The summed E-state index contributed by atoms with van der Waals surface area (Å²) in [7, 11) is 1.97. The first-order valence-corrected chi connectivity index (χ1v) is 8.37. The molecule has 1 N–H and O–H groups in total. The van der Waals surface area contributed by atoms with Crippen LogP contribution >= 0.6 is 47.4 Å². The average molecular weight is 370 g/mol. The lowest BCUT2D eigenvalue weighted by Crippen LogP contribution is -2.44. The van der Waals surface area contributed by atoms with Gasteiger partial charge in [0.1, 0.15) is 0 Å². The van der Waals surface area contributed by atoms with Gasteiger partial charge >= 0.3 is 0 Å². The number of thioether (sulfide) groups is 1. The number of carbonyl (C=O) groups is 1. The van der Waals surface area contributed by atoms with Crippen LogP contribution in [0.1, 0.15) is 12.8 Å². The summed E-state index contributed by atoms with van der Waals surface area (Å²) in [5.41, 5.74) is 0. The molecule has 3 nitrogen and oxygen atoms in total. The number of likely N-dealkylation sites (tertiary alicyclic amines) is 1. The van der Waals surface area contributed by atoms with Crippen LogP contribution in [0.15, 0.2) is 23.1 Å². The molecule has 0 aromatic heterocycles. The second kappa shape index (κ2) is 9.11. The molecule has 1 aliphatic rings. The Morgan fingerprint density at radius 1 is 1.38 bits per heavy atom. The van der Waals surface area contributed by atoms with Crippen LogP contribution in [-0.4, -0.2) is 42.7 Å². The van der Waals surface area contributed by atoms with Gasteiger partial charge in [0.2, 0.25) is 5.91 Å². The highest BCUT2D eigenvalue weighted by Crippen LogP contribution is 2.30. The molecule has 1 saturated heterocycles. The summed E-state index contributed by atoms with van der Waals surface area (Å²) in [6, 6.07) is 5.84. The molecule has 1 aromatic rings. The summed E-state index contributed by atoms with van der Waals surface area (Å²) < 4.78 is 0. The molecule has 118 valence electrons. The van der Waals surface area contributed by atoms with E-state index in [0.717, 1.165) is 30.8 Å². The molecule has 21 heavy (non-hydrogen) atoms. The Morgan fingerprint density at radius 3 is 2.67 bits per heavy atom. The zero-order valence-electron chi connectivity index (χ0n) is 11.8. The van der Waals surface area contributed by atoms with E-state index in [1.54, 1.807) is 18.2 Å². The maximum atomic E-state index is 12.2. The Morgan fingerprint density at radius 2 is 2.05 bits per heavy atom. The van der Waals surface area contributed by atoms with Gasteiger partial charge in [0, 0.05) is 29.0 Å². The molecule has 0 spiro atoms. The average Bonchev–Trinajstić information content (AvgIpc) is 2.48. The van der Waals surface area contributed by atoms with Crippen molar-refractivity contribution in [3.8, 4) is 0 Å². The van der Waals surface area contributed by atoms with E-state index < -0.39 is 0 Å². The number of halogens is 3. The van der Waals surface area contributed by atoms with Gasteiger partial charge in [-0.2, -0.15) is 0 Å². The van der Waals surface area contributed by atoms with Crippen molar-refractivity contribution < 1.29 is 4.79 Å². The molecule has 7 heteroatoms. The third-order valence-electron chi connectivity index (χ3n) is 3.50. The first kappa shape index (κ1) is 18.9. The van der Waals surface area contributed by atoms with Gasteiger partial charge in [-0.1, -0.05) is 23.2 Å². The number of amides is 1. The van der Waals surface area contributed by atoms with Crippen LogP contribution in [0.2, 0.25) is 10.0 Å². The fourth-order valence-electron chi connectivity index (χ4n) is 2.24. The largest absolute Gasteiger partial charge is 0.342 e. The highest BCUT2D eigenvalue weighted by atomic mass is 35.5. The number of benzene rings is 1. The molecule has 0 radical (unpaired) electrons. The quantitative estimate of drug-likeness (QED) is 0.821. The molecule has 1 aromatic carbocycles. The van der Waals surface area contributed by atoms with E-state index in [4.69, 9.17) is 23.2 Å². The predicted octanol–water partition coefficient (Wildman–Crippen LogP) is 3.72. The number of nitrogens with one attached hydrogen (secondary N) is 1. The zero-order valence-corrected chi connectivity index (χ0v) is 14.9. The zero-order chi connectivity index (χ0) is 14.5. The molecule has 1 heterocycles. The van der Waals surface area contributed by atoms with Crippen LogP contribution in [0.4, 0.5) is 0 Å². The SMILES string of the molecule is CNC1CCN(C(=O)CSc2cc(Cl)ccc2Cl)CC1.Cl. The highest BCUT2D eigenvalue weighted by molar-refractivity contribution is 8.00. The Balaban J connectivity index is 0.00000220. The number of hydrogen-bond acceptors (Lipinski definition) is 3. The van der Waals surface area contributed by atoms with Crippen molar-refractivity contribution in [1.29, 1.82) is 0 Å². The van der Waals surface area contributed by atoms with Gasteiger partial charge in [-0.3, -0.25) is 4.79 Å². The Kier molecular flexibility index (Phi) is 8.21. The molecule has 0 unspecified atom stereocenters.